The number of carbonyl (C=O) groups is 1. The number of amides is 1. The molecule has 1 aromatic heterocycles. The summed E-state index contributed by atoms with van der Waals surface area (Å²) in [7, 11) is -2.53. The highest BCUT2D eigenvalue weighted by Crippen LogP contribution is 2.26. The van der Waals surface area contributed by atoms with Crippen molar-refractivity contribution < 1.29 is 32.0 Å². The first-order chi connectivity index (χ1) is 12.5. The van der Waals surface area contributed by atoms with Gasteiger partial charge in [-0.15, -0.1) is 0 Å². The second-order valence-corrected chi connectivity index (χ2v) is 8.54. The lowest BCUT2D eigenvalue weighted by molar-refractivity contribution is -0.131. The van der Waals surface area contributed by atoms with Gasteiger partial charge in [-0.1, -0.05) is 0 Å². The highest BCUT2D eigenvalue weighted by molar-refractivity contribution is 7.92. The molecule has 0 aliphatic rings. The molecular formula is C16H19FN2O7S. The fourth-order valence-corrected chi connectivity index (χ4v) is 3.24. The largest absolute Gasteiger partial charge is 0.497 e. The quantitative estimate of drug-likeness (QED) is 0.521. The molecule has 0 radical (unpaired) electrons. The van der Waals surface area contributed by atoms with Crippen LogP contribution in [0.15, 0.2) is 33.6 Å². The van der Waals surface area contributed by atoms with Gasteiger partial charge in [0.25, 0.3) is 5.91 Å². The molecule has 0 saturated heterocycles. The van der Waals surface area contributed by atoms with Gasteiger partial charge in [0.2, 0.25) is 0 Å². The lowest BCUT2D eigenvalue weighted by Crippen LogP contribution is -2.49. The van der Waals surface area contributed by atoms with E-state index in [1.54, 1.807) is 0 Å². The number of hydroxylamine groups is 1. The Labute approximate surface area is 154 Å². The zero-order chi connectivity index (χ0) is 20.4. The van der Waals surface area contributed by atoms with Gasteiger partial charge in [-0.3, -0.25) is 14.6 Å². The Bertz CT molecular complexity index is 1010. The number of carbonyl (C=O) groups excluding carboxylic acids is 1. The molecular weight excluding hydrogens is 383 g/mol. The number of rotatable bonds is 7. The van der Waals surface area contributed by atoms with Gasteiger partial charge in [0.15, 0.2) is 20.3 Å². The predicted molar refractivity (Wildman–Crippen MR) is 92.7 cm³/mol. The van der Waals surface area contributed by atoms with E-state index in [2.05, 4.69) is 0 Å². The number of ether oxygens (including phenoxy) is 1. The molecule has 1 heterocycles. The summed E-state index contributed by atoms with van der Waals surface area (Å²) in [6.45, 7) is 0.917. The van der Waals surface area contributed by atoms with Crippen molar-refractivity contribution >= 4 is 15.7 Å². The Hall–Kier alpha value is -2.66. The van der Waals surface area contributed by atoms with Gasteiger partial charge in [-0.2, -0.15) is 0 Å². The smallest absolute Gasteiger partial charge is 0.419 e. The third-order valence-corrected chi connectivity index (χ3v) is 6.40. The average molecular weight is 402 g/mol. The van der Waals surface area contributed by atoms with Crippen LogP contribution >= 0.6 is 0 Å². The number of nitrogens with zero attached hydrogens (tertiary/aromatic N) is 1. The summed E-state index contributed by atoms with van der Waals surface area (Å²) >= 11 is 0. The van der Waals surface area contributed by atoms with E-state index in [4.69, 9.17) is 14.4 Å². The zero-order valence-corrected chi connectivity index (χ0v) is 15.7. The van der Waals surface area contributed by atoms with Crippen molar-refractivity contribution in [1.82, 2.24) is 10.0 Å². The number of hydrogen-bond acceptors (Lipinski definition) is 7. The molecule has 0 aliphatic heterocycles. The number of hydrogen-bond donors (Lipinski definition) is 2. The molecule has 9 nitrogen and oxygen atoms in total. The Morgan fingerprint density at radius 1 is 1.44 bits per heavy atom. The standard InChI is InChI=1S/C16H19FN2O7S/c1-16(14(20)18-22,27(3,23)24)6-7-19-9-13(26-15(19)21)11-5-4-10(25-2)8-12(11)17/h4-5,8-9,22H,6-7H2,1-3H3,(H,18,20)/t16-/m0/s1. The minimum absolute atomic E-state index is 0.0191. The van der Waals surface area contributed by atoms with Crippen LogP contribution in [0.2, 0.25) is 0 Å². The molecule has 2 N–H and O–H groups in total. The van der Waals surface area contributed by atoms with E-state index in [1.165, 1.54) is 30.9 Å². The van der Waals surface area contributed by atoms with Gasteiger partial charge in [0.05, 0.1) is 18.9 Å². The molecule has 1 aromatic carbocycles. The molecule has 2 rings (SSSR count). The molecule has 148 valence electrons. The topological polar surface area (TPSA) is 128 Å². The minimum atomic E-state index is -3.91. The molecule has 0 bridgehead atoms. The van der Waals surface area contributed by atoms with Crippen molar-refractivity contribution in [1.29, 1.82) is 0 Å². The maximum atomic E-state index is 14.1. The average Bonchev–Trinajstić information content (AvgIpc) is 2.98. The van der Waals surface area contributed by atoms with E-state index in [-0.39, 0.29) is 30.0 Å². The van der Waals surface area contributed by atoms with Gasteiger partial charge in [0, 0.05) is 18.9 Å². The normalized spacial score (nSPS) is 13.8. The van der Waals surface area contributed by atoms with Crippen LogP contribution in [0.25, 0.3) is 11.3 Å². The lowest BCUT2D eigenvalue weighted by atomic mass is 10.1. The van der Waals surface area contributed by atoms with Crippen LogP contribution in [0.5, 0.6) is 5.75 Å². The van der Waals surface area contributed by atoms with E-state index in [1.807, 2.05) is 0 Å². The summed E-state index contributed by atoms with van der Waals surface area (Å²) in [6.07, 6.45) is 1.74. The van der Waals surface area contributed by atoms with Crippen LogP contribution in [0.1, 0.15) is 13.3 Å². The number of nitrogens with one attached hydrogen (secondary N) is 1. The fourth-order valence-electron chi connectivity index (χ4n) is 2.40. The number of methoxy groups -OCH3 is 1. The van der Waals surface area contributed by atoms with E-state index in [0.717, 1.165) is 23.8 Å². The van der Waals surface area contributed by atoms with Crippen molar-refractivity contribution in [3.63, 3.8) is 0 Å². The zero-order valence-electron chi connectivity index (χ0n) is 14.9. The molecule has 0 aliphatic carbocycles. The number of aryl methyl sites for hydroxylation is 1. The fraction of sp³-hybridized carbons (Fsp3) is 0.375. The van der Waals surface area contributed by atoms with Gasteiger partial charge >= 0.3 is 5.76 Å². The first kappa shape index (κ1) is 20.6. The summed E-state index contributed by atoms with van der Waals surface area (Å²) in [5.41, 5.74) is 1.34. The molecule has 1 amide bonds. The third kappa shape index (κ3) is 4.03. The van der Waals surface area contributed by atoms with Crippen LogP contribution < -0.4 is 16.0 Å². The first-order valence-electron chi connectivity index (χ1n) is 7.72. The van der Waals surface area contributed by atoms with Gasteiger partial charge in [-0.25, -0.2) is 23.1 Å². The highest BCUT2D eigenvalue weighted by atomic mass is 32.2. The summed E-state index contributed by atoms with van der Waals surface area (Å²) in [5.74, 6) is -2.41. The van der Waals surface area contributed by atoms with Crippen molar-refractivity contribution in [3.05, 3.63) is 40.8 Å². The molecule has 27 heavy (non-hydrogen) atoms. The number of aromatic nitrogens is 1. The number of oxazole rings is 1. The second-order valence-electron chi connectivity index (χ2n) is 6.09. The summed E-state index contributed by atoms with van der Waals surface area (Å²) in [4.78, 5) is 23.8. The van der Waals surface area contributed by atoms with E-state index in [9.17, 15) is 22.4 Å². The molecule has 0 unspecified atom stereocenters. The van der Waals surface area contributed by atoms with Crippen molar-refractivity contribution in [2.45, 2.75) is 24.6 Å². The van der Waals surface area contributed by atoms with E-state index in [0.29, 0.717) is 0 Å². The maximum Gasteiger partial charge on any atom is 0.419 e. The number of halogens is 1. The van der Waals surface area contributed by atoms with Crippen LogP contribution in [-0.2, 0) is 21.2 Å². The van der Waals surface area contributed by atoms with Crippen molar-refractivity contribution in [3.8, 4) is 17.1 Å². The van der Waals surface area contributed by atoms with Gasteiger partial charge < -0.3 is 9.15 Å². The monoisotopic (exact) mass is 402 g/mol. The van der Waals surface area contributed by atoms with E-state index < -0.39 is 32.1 Å². The van der Waals surface area contributed by atoms with Gasteiger partial charge in [-0.05, 0) is 25.5 Å². The maximum absolute atomic E-state index is 14.1. The van der Waals surface area contributed by atoms with E-state index >= 15 is 0 Å². The second kappa shape index (κ2) is 7.53. The Morgan fingerprint density at radius 3 is 2.63 bits per heavy atom. The molecule has 1 atom stereocenters. The van der Waals surface area contributed by atoms with Crippen LogP contribution in [0, 0.1) is 5.82 Å². The Morgan fingerprint density at radius 2 is 2.11 bits per heavy atom. The number of sulfone groups is 1. The van der Waals surface area contributed by atoms with Crippen LogP contribution in [0.3, 0.4) is 0 Å². The SMILES string of the molecule is COc1ccc(-c2cn(CC[C@@](C)(C(=O)NO)S(C)(=O)=O)c(=O)o2)c(F)c1. The third-order valence-electron chi connectivity index (χ3n) is 4.38. The first-order valence-corrected chi connectivity index (χ1v) is 9.61. The van der Waals surface area contributed by atoms with Crippen LogP contribution in [-0.4, -0.2) is 42.2 Å². The van der Waals surface area contributed by atoms with Gasteiger partial charge in [0.1, 0.15) is 11.6 Å². The Kier molecular flexibility index (Phi) is 5.76. The van der Waals surface area contributed by atoms with Crippen molar-refractivity contribution in [2.75, 3.05) is 13.4 Å². The summed E-state index contributed by atoms with van der Waals surface area (Å²) < 4.78 is 47.0. The molecule has 11 heteroatoms. The Balaban J connectivity index is 2.32. The molecule has 0 spiro atoms. The van der Waals surface area contributed by atoms with Crippen LogP contribution in [0.4, 0.5) is 4.39 Å². The summed E-state index contributed by atoms with van der Waals surface area (Å²) in [5, 5.41) is 8.81. The molecule has 0 fully saturated rings. The van der Waals surface area contributed by atoms with Crippen molar-refractivity contribution in [2.24, 2.45) is 0 Å². The number of benzene rings is 1. The summed E-state index contributed by atoms with van der Waals surface area (Å²) in [6, 6.07) is 3.98. The lowest BCUT2D eigenvalue weighted by Gasteiger charge is -2.24. The molecule has 2 aromatic rings. The highest BCUT2D eigenvalue weighted by Gasteiger charge is 2.43. The molecule has 0 saturated carbocycles. The minimum Gasteiger partial charge on any atom is -0.497 e. The predicted octanol–water partition coefficient (Wildman–Crippen LogP) is 0.955.